The van der Waals surface area contributed by atoms with E-state index in [1.807, 2.05) is 6.07 Å². The zero-order valence-corrected chi connectivity index (χ0v) is 15.1. The van der Waals surface area contributed by atoms with Gasteiger partial charge in [-0.3, -0.25) is 4.98 Å². The first-order valence-electron chi connectivity index (χ1n) is 8.55. The number of hydrogen-bond donors (Lipinski definition) is 3. The van der Waals surface area contributed by atoms with Crippen molar-refractivity contribution in [3.05, 3.63) is 36.5 Å². The summed E-state index contributed by atoms with van der Waals surface area (Å²) in [7, 11) is -2.12. The summed E-state index contributed by atoms with van der Waals surface area (Å²) in [6, 6.07) is 8.97. The van der Waals surface area contributed by atoms with Crippen LogP contribution in [0.2, 0.25) is 0 Å². The Balaban J connectivity index is 2.04. The van der Waals surface area contributed by atoms with Gasteiger partial charge in [0.15, 0.2) is 0 Å². The van der Waals surface area contributed by atoms with Crippen LogP contribution in [-0.4, -0.2) is 26.5 Å². The van der Waals surface area contributed by atoms with Gasteiger partial charge in [-0.2, -0.15) is 0 Å². The lowest BCUT2D eigenvalue weighted by Crippen LogP contribution is -2.23. The van der Waals surface area contributed by atoms with E-state index >= 15 is 0 Å². The zero-order valence-electron chi connectivity index (χ0n) is 14.3. The highest BCUT2D eigenvalue weighted by Gasteiger charge is 2.19. The highest BCUT2D eigenvalue weighted by atomic mass is 32.2. The van der Waals surface area contributed by atoms with Gasteiger partial charge >= 0.3 is 0 Å². The molecule has 1 aliphatic rings. The molecule has 0 atom stereocenters. The molecule has 25 heavy (non-hydrogen) atoms. The summed E-state index contributed by atoms with van der Waals surface area (Å²) in [6.45, 7) is 0. The maximum Gasteiger partial charge on any atom is 0.240 e. The lowest BCUT2D eigenvalue weighted by Gasteiger charge is -2.25. The monoisotopic (exact) mass is 360 g/mol. The third-order valence-electron chi connectivity index (χ3n) is 4.59. The van der Waals surface area contributed by atoms with Crippen LogP contribution in [0.3, 0.4) is 0 Å². The molecule has 0 spiro atoms. The minimum atomic E-state index is -3.53. The van der Waals surface area contributed by atoms with Crippen molar-refractivity contribution in [2.24, 2.45) is 0 Å². The zero-order chi connectivity index (χ0) is 17.9. The predicted molar refractivity (Wildman–Crippen MR) is 101 cm³/mol. The molecular formula is C18H24N4O2S. The molecule has 1 aromatic heterocycles. The molecule has 1 aromatic carbocycles. The number of hydrogen-bond acceptors (Lipinski definition) is 5. The Kier molecular flexibility index (Phi) is 5.24. The van der Waals surface area contributed by atoms with Crippen LogP contribution in [0, 0.1) is 0 Å². The van der Waals surface area contributed by atoms with Crippen molar-refractivity contribution in [2.45, 2.75) is 43.0 Å². The van der Waals surface area contributed by atoms with E-state index in [1.54, 1.807) is 30.5 Å². The van der Waals surface area contributed by atoms with E-state index in [-0.39, 0.29) is 4.90 Å². The summed E-state index contributed by atoms with van der Waals surface area (Å²) < 4.78 is 26.7. The van der Waals surface area contributed by atoms with Gasteiger partial charge in [0.1, 0.15) is 0 Å². The standard InChI is InChI=1S/C18H24N4O2S/c1-20-25(23,24)15-7-8-17(22-14-5-3-2-4-6-14)16(12-15)18-11-13(19)9-10-21-18/h7-12,14,20,22H,2-6H2,1H3,(H2,19,21). The first-order valence-corrected chi connectivity index (χ1v) is 10.0. The molecule has 1 fully saturated rings. The van der Waals surface area contributed by atoms with E-state index in [0.717, 1.165) is 24.1 Å². The largest absolute Gasteiger partial charge is 0.399 e. The van der Waals surface area contributed by atoms with Gasteiger partial charge in [0.05, 0.1) is 10.6 Å². The normalized spacial score (nSPS) is 15.9. The lowest BCUT2D eigenvalue weighted by molar-refractivity contribution is 0.463. The van der Waals surface area contributed by atoms with Gasteiger partial charge in [0.2, 0.25) is 10.0 Å². The van der Waals surface area contributed by atoms with Gasteiger partial charge in [-0.15, -0.1) is 0 Å². The van der Waals surface area contributed by atoms with Crippen molar-refractivity contribution in [3.8, 4) is 11.3 Å². The summed E-state index contributed by atoms with van der Waals surface area (Å²) in [5, 5.41) is 3.57. The molecule has 1 heterocycles. The highest BCUT2D eigenvalue weighted by molar-refractivity contribution is 7.89. The molecule has 0 aliphatic heterocycles. The van der Waals surface area contributed by atoms with Crippen LogP contribution in [0.5, 0.6) is 0 Å². The Morgan fingerprint density at radius 1 is 1.12 bits per heavy atom. The third kappa shape index (κ3) is 4.11. The van der Waals surface area contributed by atoms with Crippen LogP contribution in [0.25, 0.3) is 11.3 Å². The molecule has 1 aliphatic carbocycles. The number of aromatic nitrogens is 1. The maximum absolute atomic E-state index is 12.2. The van der Waals surface area contributed by atoms with E-state index < -0.39 is 10.0 Å². The third-order valence-corrected chi connectivity index (χ3v) is 6.01. The van der Waals surface area contributed by atoms with E-state index in [4.69, 9.17) is 5.73 Å². The van der Waals surface area contributed by atoms with E-state index in [1.165, 1.54) is 26.3 Å². The number of rotatable bonds is 5. The van der Waals surface area contributed by atoms with Crippen molar-refractivity contribution in [1.82, 2.24) is 9.71 Å². The molecule has 6 nitrogen and oxygen atoms in total. The van der Waals surface area contributed by atoms with Crippen molar-refractivity contribution in [2.75, 3.05) is 18.1 Å². The number of nitrogens with zero attached hydrogens (tertiary/aromatic N) is 1. The molecule has 0 unspecified atom stereocenters. The van der Waals surface area contributed by atoms with Gasteiger partial charge < -0.3 is 11.1 Å². The molecule has 2 aromatic rings. The van der Waals surface area contributed by atoms with Crippen molar-refractivity contribution >= 4 is 21.4 Å². The highest BCUT2D eigenvalue weighted by Crippen LogP contribution is 2.32. The average molecular weight is 360 g/mol. The predicted octanol–water partition coefficient (Wildman–Crippen LogP) is 2.98. The molecule has 134 valence electrons. The fourth-order valence-electron chi connectivity index (χ4n) is 3.21. The Hall–Kier alpha value is -2.12. The number of sulfonamides is 1. The van der Waals surface area contributed by atoms with Crippen LogP contribution in [0.4, 0.5) is 11.4 Å². The van der Waals surface area contributed by atoms with Gasteiger partial charge in [0.25, 0.3) is 0 Å². The minimum Gasteiger partial charge on any atom is -0.399 e. The van der Waals surface area contributed by atoms with E-state index in [0.29, 0.717) is 17.4 Å². The molecule has 0 radical (unpaired) electrons. The maximum atomic E-state index is 12.2. The Labute approximate surface area is 148 Å². The van der Waals surface area contributed by atoms with Gasteiger partial charge in [-0.25, -0.2) is 13.1 Å². The molecule has 3 rings (SSSR count). The first kappa shape index (κ1) is 17.7. The fraction of sp³-hybridized carbons (Fsp3) is 0.389. The summed E-state index contributed by atoms with van der Waals surface area (Å²) in [4.78, 5) is 4.59. The van der Waals surface area contributed by atoms with Crippen molar-refractivity contribution < 1.29 is 8.42 Å². The Morgan fingerprint density at radius 2 is 1.88 bits per heavy atom. The van der Waals surface area contributed by atoms with E-state index in [9.17, 15) is 8.42 Å². The van der Waals surface area contributed by atoms with Crippen LogP contribution in [0.15, 0.2) is 41.4 Å². The Bertz CT molecular complexity index is 846. The molecule has 7 heteroatoms. The molecular weight excluding hydrogens is 336 g/mol. The van der Waals surface area contributed by atoms with Gasteiger partial charge in [-0.1, -0.05) is 19.3 Å². The second kappa shape index (κ2) is 7.41. The Morgan fingerprint density at radius 3 is 2.56 bits per heavy atom. The molecule has 0 amide bonds. The SMILES string of the molecule is CNS(=O)(=O)c1ccc(NC2CCCCC2)c(-c2cc(N)ccn2)c1. The molecule has 1 saturated carbocycles. The molecule has 0 saturated heterocycles. The fourth-order valence-corrected chi connectivity index (χ4v) is 3.96. The summed E-state index contributed by atoms with van der Waals surface area (Å²) in [5.41, 5.74) is 8.77. The first-order chi connectivity index (χ1) is 12.0. The lowest BCUT2D eigenvalue weighted by atomic mass is 9.95. The summed E-state index contributed by atoms with van der Waals surface area (Å²) in [5.74, 6) is 0. The van der Waals surface area contributed by atoms with Crippen LogP contribution >= 0.6 is 0 Å². The topological polar surface area (TPSA) is 97.1 Å². The number of nitrogens with two attached hydrogens (primary N) is 1. The quantitative estimate of drug-likeness (QED) is 0.761. The number of benzene rings is 1. The van der Waals surface area contributed by atoms with Crippen molar-refractivity contribution in [3.63, 3.8) is 0 Å². The van der Waals surface area contributed by atoms with Gasteiger partial charge in [0, 0.05) is 29.2 Å². The number of nitrogen functional groups attached to an aromatic ring is 1. The van der Waals surface area contributed by atoms with Crippen LogP contribution < -0.4 is 15.8 Å². The summed E-state index contributed by atoms with van der Waals surface area (Å²) in [6.07, 6.45) is 7.60. The van der Waals surface area contributed by atoms with Crippen LogP contribution in [0.1, 0.15) is 32.1 Å². The number of anilines is 2. The minimum absolute atomic E-state index is 0.211. The number of nitrogens with one attached hydrogen (secondary N) is 2. The molecule has 4 N–H and O–H groups in total. The smallest absolute Gasteiger partial charge is 0.240 e. The van der Waals surface area contributed by atoms with E-state index in [2.05, 4.69) is 15.0 Å². The molecule has 0 bridgehead atoms. The average Bonchev–Trinajstić information content (AvgIpc) is 2.63. The van der Waals surface area contributed by atoms with Crippen LogP contribution in [-0.2, 0) is 10.0 Å². The number of pyridine rings is 1. The second-order valence-corrected chi connectivity index (χ2v) is 8.26. The van der Waals surface area contributed by atoms with Gasteiger partial charge in [-0.05, 0) is 50.2 Å². The second-order valence-electron chi connectivity index (χ2n) is 6.37. The van der Waals surface area contributed by atoms with Crippen molar-refractivity contribution in [1.29, 1.82) is 0 Å². The summed E-state index contributed by atoms with van der Waals surface area (Å²) >= 11 is 0.